The molecule has 0 amide bonds. The zero-order chi connectivity index (χ0) is 26.9. The Morgan fingerprint density at radius 1 is 1.13 bits per heavy atom. The number of piperidine rings is 1. The lowest BCUT2D eigenvalue weighted by atomic mass is 9.90. The summed E-state index contributed by atoms with van der Waals surface area (Å²) in [6.45, 7) is 6.28. The first-order chi connectivity index (χ1) is 18.3. The topological polar surface area (TPSA) is 86.4 Å². The van der Waals surface area contributed by atoms with E-state index in [0.29, 0.717) is 30.0 Å². The minimum Gasteiger partial charge on any atom is -0.465 e. The Labute approximate surface area is 221 Å². The molecule has 1 saturated heterocycles. The van der Waals surface area contributed by atoms with Gasteiger partial charge in [0, 0.05) is 28.9 Å². The number of fused-ring (bicyclic) bond motifs is 1. The SMILES string of the molecule is CCOC(=O)CN1CCC(C(C)n2cc(-c3cn(S(=O)(=O)c4ccccc4)c4cc(F)ccc34)cn2)CC1. The van der Waals surface area contributed by atoms with E-state index < -0.39 is 15.8 Å². The number of carbonyl (C=O) groups is 1. The first kappa shape index (κ1) is 26.1. The molecule has 0 spiro atoms. The van der Waals surface area contributed by atoms with Crippen LogP contribution in [0.5, 0.6) is 0 Å². The Bertz CT molecular complexity index is 1540. The summed E-state index contributed by atoms with van der Waals surface area (Å²) in [5.74, 6) is -0.315. The smallest absolute Gasteiger partial charge is 0.320 e. The van der Waals surface area contributed by atoms with Gasteiger partial charge < -0.3 is 4.74 Å². The predicted octanol–water partition coefficient (Wildman–Crippen LogP) is 4.72. The summed E-state index contributed by atoms with van der Waals surface area (Å²) in [5, 5.41) is 5.24. The molecule has 2 aromatic heterocycles. The molecule has 0 bridgehead atoms. The molecule has 1 fully saturated rings. The zero-order valence-electron chi connectivity index (χ0n) is 21.5. The third-order valence-electron chi connectivity index (χ3n) is 7.34. The Kier molecular flexibility index (Phi) is 7.36. The van der Waals surface area contributed by atoms with Crippen LogP contribution in [0.3, 0.4) is 0 Å². The molecule has 3 heterocycles. The van der Waals surface area contributed by atoms with Crippen molar-refractivity contribution in [2.24, 2.45) is 5.92 Å². The number of aromatic nitrogens is 3. The number of benzene rings is 2. The molecule has 1 aliphatic heterocycles. The normalized spacial score (nSPS) is 16.1. The third kappa shape index (κ3) is 5.10. The molecule has 5 rings (SSSR count). The van der Waals surface area contributed by atoms with Crippen LogP contribution >= 0.6 is 0 Å². The van der Waals surface area contributed by atoms with Crippen molar-refractivity contribution in [1.82, 2.24) is 18.7 Å². The fraction of sp³-hybridized carbons (Fsp3) is 0.357. The van der Waals surface area contributed by atoms with Gasteiger partial charge in [-0.3, -0.25) is 14.4 Å². The summed E-state index contributed by atoms with van der Waals surface area (Å²) in [7, 11) is -3.93. The standard InChI is InChI=1S/C28H31FN4O4S/c1-3-37-28(34)19-31-13-11-21(12-14-31)20(2)32-17-22(16-30-32)26-18-33(27-15-23(29)9-10-25(26)27)38(35,36)24-7-5-4-6-8-24/h4-10,15-18,20-21H,3,11-14,19H2,1-2H3. The van der Waals surface area contributed by atoms with Gasteiger partial charge in [0.15, 0.2) is 0 Å². The fourth-order valence-electron chi connectivity index (χ4n) is 5.20. The second-order valence-electron chi connectivity index (χ2n) is 9.69. The highest BCUT2D eigenvalue weighted by molar-refractivity contribution is 7.90. The Hall–Kier alpha value is -3.50. The predicted molar refractivity (Wildman–Crippen MR) is 143 cm³/mol. The number of rotatable bonds is 8. The molecule has 1 atom stereocenters. The Balaban J connectivity index is 1.40. The van der Waals surface area contributed by atoms with Crippen LogP contribution < -0.4 is 0 Å². The van der Waals surface area contributed by atoms with Crippen molar-refractivity contribution in [2.45, 2.75) is 37.6 Å². The van der Waals surface area contributed by atoms with Crippen LogP contribution in [0.25, 0.3) is 22.0 Å². The van der Waals surface area contributed by atoms with E-state index in [9.17, 15) is 17.6 Å². The summed E-state index contributed by atoms with van der Waals surface area (Å²) in [5.41, 5.74) is 1.70. The lowest BCUT2D eigenvalue weighted by Crippen LogP contribution is -2.39. The zero-order valence-corrected chi connectivity index (χ0v) is 22.3. The molecular weight excluding hydrogens is 507 g/mol. The molecule has 38 heavy (non-hydrogen) atoms. The highest BCUT2D eigenvalue weighted by atomic mass is 32.2. The van der Waals surface area contributed by atoms with Gasteiger partial charge in [-0.2, -0.15) is 5.10 Å². The highest BCUT2D eigenvalue weighted by Crippen LogP contribution is 2.35. The molecule has 2 aromatic carbocycles. The molecule has 8 nitrogen and oxygen atoms in total. The summed E-state index contributed by atoms with van der Waals surface area (Å²) >= 11 is 0. The van der Waals surface area contributed by atoms with E-state index in [2.05, 4.69) is 16.9 Å². The second kappa shape index (κ2) is 10.7. The van der Waals surface area contributed by atoms with E-state index in [0.717, 1.165) is 35.5 Å². The van der Waals surface area contributed by atoms with Crippen LogP contribution in [0.2, 0.25) is 0 Å². The van der Waals surface area contributed by atoms with E-state index in [1.807, 2.05) is 17.8 Å². The van der Waals surface area contributed by atoms with Crippen LogP contribution in [0, 0.1) is 11.7 Å². The molecule has 200 valence electrons. The van der Waals surface area contributed by atoms with Crippen LogP contribution in [0.15, 0.2) is 72.0 Å². The van der Waals surface area contributed by atoms with Crippen molar-refractivity contribution in [1.29, 1.82) is 0 Å². The van der Waals surface area contributed by atoms with Crippen LogP contribution in [0.4, 0.5) is 4.39 Å². The van der Waals surface area contributed by atoms with E-state index in [1.165, 1.54) is 24.3 Å². The maximum atomic E-state index is 14.2. The van der Waals surface area contributed by atoms with Gasteiger partial charge in [-0.05, 0) is 76.0 Å². The van der Waals surface area contributed by atoms with E-state index in [-0.39, 0.29) is 22.4 Å². The molecule has 0 aliphatic carbocycles. The molecular formula is C28H31FN4O4S. The molecule has 10 heteroatoms. The first-order valence-electron chi connectivity index (χ1n) is 12.8. The fourth-order valence-corrected chi connectivity index (χ4v) is 6.59. The van der Waals surface area contributed by atoms with E-state index in [4.69, 9.17) is 4.74 Å². The summed E-state index contributed by atoms with van der Waals surface area (Å²) in [4.78, 5) is 14.1. The van der Waals surface area contributed by atoms with E-state index >= 15 is 0 Å². The summed E-state index contributed by atoms with van der Waals surface area (Å²) in [6.07, 6.45) is 7.07. The largest absolute Gasteiger partial charge is 0.465 e. The average Bonchev–Trinajstić information content (AvgIpc) is 3.55. The second-order valence-corrected chi connectivity index (χ2v) is 11.5. The molecule has 1 aliphatic rings. The van der Waals surface area contributed by atoms with Crippen LogP contribution in [-0.4, -0.2) is 59.3 Å². The van der Waals surface area contributed by atoms with Gasteiger partial charge in [-0.15, -0.1) is 0 Å². The molecule has 0 radical (unpaired) electrons. The third-order valence-corrected chi connectivity index (χ3v) is 9.02. The average molecular weight is 539 g/mol. The number of hydrogen-bond donors (Lipinski definition) is 0. The minimum absolute atomic E-state index is 0.118. The number of esters is 1. The van der Waals surface area contributed by atoms with Gasteiger partial charge in [0.25, 0.3) is 10.0 Å². The number of carbonyl (C=O) groups excluding carboxylic acids is 1. The first-order valence-corrected chi connectivity index (χ1v) is 14.3. The Morgan fingerprint density at radius 3 is 2.58 bits per heavy atom. The quantitative estimate of drug-likeness (QED) is 0.302. The van der Waals surface area contributed by atoms with Crippen LogP contribution in [0.1, 0.15) is 32.7 Å². The van der Waals surface area contributed by atoms with E-state index in [1.54, 1.807) is 36.7 Å². The summed E-state index contributed by atoms with van der Waals surface area (Å²) < 4.78 is 49.2. The van der Waals surface area contributed by atoms with Gasteiger partial charge >= 0.3 is 5.97 Å². The van der Waals surface area contributed by atoms with Crippen molar-refractivity contribution in [2.75, 3.05) is 26.2 Å². The van der Waals surface area contributed by atoms with Crippen molar-refractivity contribution in [3.63, 3.8) is 0 Å². The van der Waals surface area contributed by atoms with Crippen molar-refractivity contribution in [3.8, 4) is 11.1 Å². The van der Waals surface area contributed by atoms with Gasteiger partial charge in [0.1, 0.15) is 5.82 Å². The number of ether oxygens (including phenoxy) is 1. The number of likely N-dealkylation sites (tertiary alicyclic amines) is 1. The molecule has 0 saturated carbocycles. The maximum Gasteiger partial charge on any atom is 0.320 e. The number of nitrogens with zero attached hydrogens (tertiary/aromatic N) is 4. The van der Waals surface area contributed by atoms with Crippen molar-refractivity contribution in [3.05, 3.63) is 72.9 Å². The monoisotopic (exact) mass is 538 g/mol. The maximum absolute atomic E-state index is 14.2. The Morgan fingerprint density at radius 2 is 1.87 bits per heavy atom. The highest BCUT2D eigenvalue weighted by Gasteiger charge is 2.27. The molecule has 1 unspecified atom stereocenters. The van der Waals surface area contributed by atoms with Crippen molar-refractivity contribution >= 4 is 26.9 Å². The van der Waals surface area contributed by atoms with Gasteiger partial charge in [-0.25, -0.2) is 16.8 Å². The molecule has 0 N–H and O–H groups in total. The lowest BCUT2D eigenvalue weighted by molar-refractivity contribution is -0.144. The minimum atomic E-state index is -3.93. The van der Waals surface area contributed by atoms with Crippen molar-refractivity contribution < 1.29 is 22.3 Å². The summed E-state index contributed by atoms with van der Waals surface area (Å²) in [6, 6.07) is 12.4. The molecule has 4 aromatic rings. The lowest BCUT2D eigenvalue weighted by Gasteiger charge is -2.34. The number of hydrogen-bond acceptors (Lipinski definition) is 6. The number of halogens is 1. The van der Waals surface area contributed by atoms with Gasteiger partial charge in [0.2, 0.25) is 0 Å². The van der Waals surface area contributed by atoms with Gasteiger partial charge in [-0.1, -0.05) is 18.2 Å². The van der Waals surface area contributed by atoms with Gasteiger partial charge in [0.05, 0.1) is 35.8 Å². The van der Waals surface area contributed by atoms with Crippen LogP contribution in [-0.2, 0) is 19.6 Å².